The van der Waals surface area contributed by atoms with E-state index in [2.05, 4.69) is 0 Å². The van der Waals surface area contributed by atoms with Gasteiger partial charge in [0.25, 0.3) is 5.69 Å². The Bertz CT molecular complexity index is 537. The minimum atomic E-state index is -0.386. The van der Waals surface area contributed by atoms with Gasteiger partial charge in [0.2, 0.25) is 0 Å². The second-order valence-corrected chi connectivity index (χ2v) is 5.96. The Morgan fingerprint density at radius 2 is 2.10 bits per heavy atom. The molecule has 0 radical (unpaired) electrons. The number of hydrogen-bond donors (Lipinski definition) is 1. The van der Waals surface area contributed by atoms with E-state index in [-0.39, 0.29) is 28.2 Å². The molecule has 0 aromatic heterocycles. The van der Waals surface area contributed by atoms with Crippen molar-refractivity contribution in [1.29, 1.82) is 0 Å². The van der Waals surface area contributed by atoms with Gasteiger partial charge in [0.15, 0.2) is 0 Å². The summed E-state index contributed by atoms with van der Waals surface area (Å²) in [6, 6.07) is 4.91. The predicted octanol–water partition coefficient (Wildman–Crippen LogP) is 2.98. The largest absolute Gasteiger partial charge is 0.489 e. The number of rotatable bonds is 3. The number of hydrogen-bond acceptors (Lipinski definition) is 4. The maximum atomic E-state index is 11.0. The molecule has 0 saturated heterocycles. The maximum absolute atomic E-state index is 11.0. The van der Waals surface area contributed by atoms with E-state index in [9.17, 15) is 15.2 Å². The molecule has 1 aromatic rings. The summed E-state index contributed by atoms with van der Waals surface area (Å²) < 4.78 is 6.02. The summed E-state index contributed by atoms with van der Waals surface area (Å²) in [7, 11) is 0. The molecule has 2 aliphatic rings. The van der Waals surface area contributed by atoms with Gasteiger partial charge in [0.1, 0.15) is 11.9 Å². The van der Waals surface area contributed by atoms with Crippen LogP contribution in [0.1, 0.15) is 37.7 Å². The molecule has 1 N–H and O–H groups in total. The lowest BCUT2D eigenvalue weighted by Crippen LogP contribution is -2.58. The van der Waals surface area contributed by atoms with Crippen molar-refractivity contribution in [3.63, 3.8) is 0 Å². The molecule has 3 rings (SSSR count). The first-order valence-electron chi connectivity index (χ1n) is 7.13. The van der Waals surface area contributed by atoms with Gasteiger partial charge in [-0.15, -0.1) is 0 Å². The molecule has 0 bridgehead atoms. The van der Waals surface area contributed by atoms with E-state index in [4.69, 9.17) is 4.74 Å². The molecule has 20 heavy (non-hydrogen) atoms. The van der Waals surface area contributed by atoms with Crippen molar-refractivity contribution in [2.45, 2.75) is 51.2 Å². The zero-order valence-corrected chi connectivity index (χ0v) is 11.5. The van der Waals surface area contributed by atoms with E-state index < -0.39 is 0 Å². The summed E-state index contributed by atoms with van der Waals surface area (Å²) in [6.07, 6.45) is 4.58. The average Bonchev–Trinajstić information content (AvgIpc) is 2.92. The van der Waals surface area contributed by atoms with Crippen molar-refractivity contribution >= 4 is 5.69 Å². The fraction of sp³-hybridized carbons (Fsp3) is 0.600. The summed E-state index contributed by atoms with van der Waals surface area (Å²) in [5, 5.41) is 21.0. The van der Waals surface area contributed by atoms with Crippen molar-refractivity contribution in [3.05, 3.63) is 33.9 Å². The molecule has 0 amide bonds. The molecule has 5 heteroatoms. The van der Waals surface area contributed by atoms with E-state index in [1.807, 2.05) is 0 Å². The second-order valence-electron chi connectivity index (χ2n) is 5.96. The Kier molecular flexibility index (Phi) is 3.17. The number of ether oxygens (including phenoxy) is 1. The first-order chi connectivity index (χ1) is 9.54. The van der Waals surface area contributed by atoms with Gasteiger partial charge in [-0.1, -0.05) is 18.9 Å². The van der Waals surface area contributed by atoms with E-state index in [0.717, 1.165) is 25.7 Å². The number of nitro groups is 1. The highest BCUT2D eigenvalue weighted by Crippen LogP contribution is 2.54. The topological polar surface area (TPSA) is 72.6 Å². The quantitative estimate of drug-likeness (QED) is 0.681. The van der Waals surface area contributed by atoms with Gasteiger partial charge < -0.3 is 9.84 Å². The lowest BCUT2D eigenvalue weighted by molar-refractivity contribution is -0.385. The summed E-state index contributed by atoms with van der Waals surface area (Å²) in [6.45, 7) is 1.71. The Hall–Kier alpha value is -1.62. The summed E-state index contributed by atoms with van der Waals surface area (Å²) in [4.78, 5) is 10.6. The summed E-state index contributed by atoms with van der Waals surface area (Å²) >= 11 is 0. The van der Waals surface area contributed by atoms with Gasteiger partial charge in [-0.05, 0) is 25.8 Å². The Balaban J connectivity index is 1.82. The van der Waals surface area contributed by atoms with Crippen LogP contribution in [0.3, 0.4) is 0 Å². The number of aliphatic hydroxyl groups excluding tert-OH is 1. The number of benzene rings is 1. The molecule has 1 spiro atoms. The van der Waals surface area contributed by atoms with E-state index in [0.29, 0.717) is 17.7 Å². The van der Waals surface area contributed by atoms with Crippen molar-refractivity contribution in [1.82, 2.24) is 0 Å². The third kappa shape index (κ3) is 1.88. The first kappa shape index (κ1) is 13.4. The molecule has 2 unspecified atom stereocenters. The van der Waals surface area contributed by atoms with Crippen molar-refractivity contribution < 1.29 is 14.8 Å². The maximum Gasteiger partial charge on any atom is 0.276 e. The molecule has 108 valence electrons. The molecule has 0 aliphatic heterocycles. The van der Waals surface area contributed by atoms with Gasteiger partial charge in [-0.3, -0.25) is 10.1 Å². The lowest BCUT2D eigenvalue weighted by Gasteiger charge is -2.51. The predicted molar refractivity (Wildman–Crippen MR) is 73.8 cm³/mol. The molecule has 2 fully saturated rings. The van der Waals surface area contributed by atoms with Crippen LogP contribution in [0.2, 0.25) is 0 Å². The molecular weight excluding hydrogens is 258 g/mol. The number of nitrogens with zero attached hydrogens (tertiary/aromatic N) is 1. The van der Waals surface area contributed by atoms with E-state index in [1.165, 1.54) is 6.07 Å². The van der Waals surface area contributed by atoms with Gasteiger partial charge in [0.05, 0.1) is 16.6 Å². The third-order valence-corrected chi connectivity index (χ3v) is 5.00. The van der Waals surface area contributed by atoms with Crippen molar-refractivity contribution in [2.24, 2.45) is 5.41 Å². The number of nitro benzene ring substituents is 1. The molecule has 5 nitrogen and oxygen atoms in total. The first-order valence-corrected chi connectivity index (χ1v) is 7.13. The minimum Gasteiger partial charge on any atom is -0.489 e. The van der Waals surface area contributed by atoms with Gasteiger partial charge in [-0.2, -0.15) is 0 Å². The minimum absolute atomic E-state index is 0.0132. The van der Waals surface area contributed by atoms with Crippen LogP contribution in [0.4, 0.5) is 5.69 Å². The van der Waals surface area contributed by atoms with Crippen LogP contribution in [0.25, 0.3) is 0 Å². The third-order valence-electron chi connectivity index (χ3n) is 5.00. The van der Waals surface area contributed by atoms with Crippen LogP contribution in [0.15, 0.2) is 18.2 Å². The standard InChI is InChI=1S/C15H19NO4/c1-10-11(16(18)19)5-4-6-12(10)20-14-9-13(17)15(14)7-2-3-8-15/h4-6,13-14,17H,2-3,7-9H2,1H3. The van der Waals surface area contributed by atoms with Crippen molar-refractivity contribution in [3.8, 4) is 5.75 Å². The smallest absolute Gasteiger partial charge is 0.276 e. The average molecular weight is 277 g/mol. The summed E-state index contributed by atoms with van der Waals surface area (Å²) in [5.41, 5.74) is 0.534. The van der Waals surface area contributed by atoms with Gasteiger partial charge >= 0.3 is 0 Å². The Morgan fingerprint density at radius 3 is 2.70 bits per heavy atom. The van der Waals surface area contributed by atoms with Crippen LogP contribution < -0.4 is 4.74 Å². The summed E-state index contributed by atoms with van der Waals surface area (Å²) in [5.74, 6) is 0.572. The van der Waals surface area contributed by atoms with Crippen LogP contribution in [0, 0.1) is 22.5 Å². The van der Waals surface area contributed by atoms with Gasteiger partial charge in [0, 0.05) is 17.9 Å². The molecule has 2 atom stereocenters. The van der Waals surface area contributed by atoms with E-state index in [1.54, 1.807) is 19.1 Å². The monoisotopic (exact) mass is 277 g/mol. The molecule has 1 aromatic carbocycles. The molecule has 0 heterocycles. The fourth-order valence-electron chi connectivity index (χ4n) is 3.66. The van der Waals surface area contributed by atoms with Crippen LogP contribution in [-0.2, 0) is 0 Å². The highest BCUT2D eigenvalue weighted by Gasteiger charge is 2.57. The van der Waals surface area contributed by atoms with Gasteiger partial charge in [-0.25, -0.2) is 0 Å². The SMILES string of the molecule is Cc1c(OC2CC(O)C23CCCC3)cccc1[N+](=O)[O-]. The molecule has 2 aliphatic carbocycles. The lowest BCUT2D eigenvalue weighted by atomic mass is 9.62. The fourth-order valence-corrected chi connectivity index (χ4v) is 3.66. The zero-order valence-electron chi connectivity index (χ0n) is 11.5. The number of aliphatic hydroxyl groups is 1. The second kappa shape index (κ2) is 4.74. The highest BCUT2D eigenvalue weighted by molar-refractivity contribution is 5.48. The highest BCUT2D eigenvalue weighted by atomic mass is 16.6. The van der Waals surface area contributed by atoms with Crippen molar-refractivity contribution in [2.75, 3.05) is 0 Å². The van der Waals surface area contributed by atoms with E-state index >= 15 is 0 Å². The Labute approximate surface area is 117 Å². The molecular formula is C15H19NO4. The van der Waals surface area contributed by atoms with Crippen LogP contribution >= 0.6 is 0 Å². The van der Waals surface area contributed by atoms with Crippen LogP contribution in [0.5, 0.6) is 5.75 Å². The van der Waals surface area contributed by atoms with Crippen LogP contribution in [-0.4, -0.2) is 22.2 Å². The zero-order chi connectivity index (χ0) is 14.3. The molecule has 2 saturated carbocycles. The normalized spacial score (nSPS) is 27.3. The Morgan fingerprint density at radius 1 is 1.40 bits per heavy atom.